The minimum absolute atomic E-state index is 0. The maximum absolute atomic E-state index is 10.0. The van der Waals surface area contributed by atoms with Crippen LogP contribution >= 0.6 is 0 Å². The van der Waals surface area contributed by atoms with Gasteiger partial charge in [-0.1, -0.05) is 191 Å². The van der Waals surface area contributed by atoms with Crippen molar-refractivity contribution in [2.45, 2.75) is 136 Å². The van der Waals surface area contributed by atoms with Crippen LogP contribution in [0.25, 0.3) is 89.1 Å². The zero-order valence-electron chi connectivity index (χ0n) is 62.4. The van der Waals surface area contributed by atoms with E-state index in [0.717, 1.165) is 80.0 Å². The van der Waals surface area contributed by atoms with Crippen molar-refractivity contribution in [2.75, 3.05) is 0 Å². The fourth-order valence-electron chi connectivity index (χ4n) is 11.3. The molecule has 4 aromatic heterocycles. The maximum atomic E-state index is 10.0. The zero-order chi connectivity index (χ0) is 72.6. The van der Waals surface area contributed by atoms with Crippen LogP contribution in [0.1, 0.15) is 126 Å². The average molecular weight is 1900 g/mol. The van der Waals surface area contributed by atoms with E-state index in [-0.39, 0.29) is 88.8 Å². The van der Waals surface area contributed by atoms with Crippen molar-refractivity contribution in [1.82, 2.24) is 19.9 Å². The van der Waals surface area contributed by atoms with Gasteiger partial charge in [0, 0.05) is 95.6 Å². The normalized spacial score (nSPS) is 10.9. The average Bonchev–Trinajstić information content (AvgIpc) is 0.791. The summed E-state index contributed by atoms with van der Waals surface area (Å²) in [7, 11) is 0. The van der Waals surface area contributed by atoms with Gasteiger partial charge in [0.25, 0.3) is 0 Å². The van der Waals surface area contributed by atoms with E-state index in [2.05, 4.69) is 275 Å². The maximum Gasteiger partial charge on any atom is 0.155 e. The number of aryl methyl sites for hydroxylation is 6. The summed E-state index contributed by atoms with van der Waals surface area (Å²) in [5.41, 5.74) is 26.7. The number of aliphatic hydroxyl groups excluding tert-OH is 2. The van der Waals surface area contributed by atoms with Gasteiger partial charge in [-0.3, -0.25) is 19.6 Å². The first-order valence-electron chi connectivity index (χ1n) is 34.2. The van der Waals surface area contributed by atoms with Crippen LogP contribution in [0.5, 0.6) is 0 Å². The molecule has 4 heterocycles. The zero-order valence-corrected chi connectivity index (χ0v) is 69.6. The predicted molar refractivity (Wildman–Crippen MR) is 418 cm³/mol. The predicted octanol–water partition coefficient (Wildman–Crippen LogP) is 23.4. The monoisotopic (exact) mass is 1900 g/mol. The van der Waals surface area contributed by atoms with E-state index in [4.69, 9.17) is 20.2 Å². The fraction of sp³-hybridized carbons (Fsp3) is 0.239. The number of aromatic nitrogens is 4. The van der Waals surface area contributed by atoms with Crippen molar-refractivity contribution in [2.24, 2.45) is 11.8 Å². The largest absolute Gasteiger partial charge is 0.512 e. The van der Waals surface area contributed by atoms with Gasteiger partial charge in [-0.15, -0.1) is 141 Å². The number of carbonyl (C=O) groups excluding carboxylic acids is 2. The molecule has 0 aliphatic carbocycles. The minimum atomic E-state index is -0.125. The van der Waals surface area contributed by atoms with E-state index >= 15 is 0 Å². The molecule has 0 bridgehead atoms. The Bertz CT molecular complexity index is 4660. The van der Waals surface area contributed by atoms with Gasteiger partial charge < -0.3 is 20.2 Å². The molecule has 0 spiro atoms. The number of pyridine rings is 4. The molecule has 0 aliphatic rings. The van der Waals surface area contributed by atoms with Crippen molar-refractivity contribution >= 4 is 33.4 Å². The number of hydrogen-bond donors (Lipinski definition) is 2. The Labute approximate surface area is 653 Å². The fourth-order valence-corrected chi connectivity index (χ4v) is 11.3. The molecule has 12 rings (SSSR count). The molecule has 11 heteroatoms. The van der Waals surface area contributed by atoms with Crippen LogP contribution in [0.2, 0.25) is 0 Å². The molecule has 8 nitrogen and oxygen atoms in total. The quantitative estimate of drug-likeness (QED) is 0.0704. The van der Waals surface area contributed by atoms with E-state index in [1.54, 1.807) is 0 Å². The third kappa shape index (κ3) is 28.4. The molecule has 12 aromatic rings. The summed E-state index contributed by atoms with van der Waals surface area (Å²) in [6, 6.07) is 83.1. The van der Waals surface area contributed by atoms with Gasteiger partial charge in [0.1, 0.15) is 0 Å². The van der Waals surface area contributed by atoms with E-state index in [1.165, 1.54) is 112 Å². The van der Waals surface area contributed by atoms with Crippen LogP contribution < -0.4 is 0 Å². The van der Waals surface area contributed by atoms with Crippen LogP contribution in [-0.2, 0) is 88.2 Å². The summed E-state index contributed by atoms with van der Waals surface area (Å²) in [5, 5.41) is 19.3. The topological polar surface area (TPSA) is 126 Å². The Morgan fingerprint density at radius 1 is 0.417 bits per heavy atom. The molecular formula is C92H96Ir3N4O4-4. The number of benzene rings is 8. The molecule has 0 aliphatic heterocycles. The van der Waals surface area contributed by atoms with E-state index in [0.29, 0.717) is 11.8 Å². The van der Waals surface area contributed by atoms with Gasteiger partial charge in [-0.25, -0.2) is 0 Å². The number of carbonyl (C=O) groups is 2. The summed E-state index contributed by atoms with van der Waals surface area (Å²) < 4.78 is 0. The van der Waals surface area contributed by atoms with Gasteiger partial charge >= 0.3 is 0 Å². The molecule has 0 unspecified atom stereocenters. The Morgan fingerprint density at radius 3 is 1.28 bits per heavy atom. The molecule has 0 atom stereocenters. The van der Waals surface area contributed by atoms with Gasteiger partial charge in [-0.05, 0) is 158 Å². The molecule has 0 fully saturated rings. The van der Waals surface area contributed by atoms with Gasteiger partial charge in [0.2, 0.25) is 0 Å². The standard InChI is InChI=1S/C27H26N.C22H24N.C18H14N.C15H16N.2C5H8O2.3Ir/c1-18(2)12-23-17-27(24-14-19(3)13-20(4)15-24)28-26-11-10-22(16-25(23)26)21-8-6-5-7-9-21;1-14(2)8-18-13-22(19-10-16(4)9-17(5)11-19)23-21-7-6-15(3)12-20(18)21;1-14-10-11-18(19-13-14)17-9-5-8-16(12-17)15-6-3-2-4-7-15;1-15(2,3)13-9-10-14(16-11-13)12-7-5-4-6-8-12;2*1-4(6)3-5(2)7;;;/h5-11,13-14,16-18H,12H2,1-4H3;6-7,9-10,12-14H,8H2,1-5H3;2-8,10-13H,1H3;4-7,9-11H,1-3H3;2*3,6H,1-2H3;;;/q4*-1;;;;;. The molecule has 539 valence electrons. The number of rotatable bonds is 12. The second-order valence-corrected chi connectivity index (χ2v) is 27.5. The first-order valence-corrected chi connectivity index (χ1v) is 34.2. The van der Waals surface area contributed by atoms with Crippen LogP contribution in [0, 0.1) is 77.6 Å². The van der Waals surface area contributed by atoms with Crippen molar-refractivity contribution in [3.63, 3.8) is 0 Å². The summed E-state index contributed by atoms with van der Waals surface area (Å²) in [6.45, 7) is 34.0. The van der Waals surface area contributed by atoms with E-state index in [9.17, 15) is 9.59 Å². The minimum Gasteiger partial charge on any atom is -0.512 e. The van der Waals surface area contributed by atoms with Gasteiger partial charge in [0.15, 0.2) is 11.6 Å². The van der Waals surface area contributed by atoms with Crippen LogP contribution in [-0.4, -0.2) is 41.7 Å². The smallest absolute Gasteiger partial charge is 0.155 e. The van der Waals surface area contributed by atoms with E-state index in [1.807, 2.05) is 61.8 Å². The summed E-state index contributed by atoms with van der Waals surface area (Å²) in [4.78, 5) is 38.9. The van der Waals surface area contributed by atoms with Crippen LogP contribution in [0.4, 0.5) is 0 Å². The number of allylic oxidation sites excluding steroid dienone is 4. The van der Waals surface area contributed by atoms with E-state index < -0.39 is 0 Å². The van der Waals surface area contributed by atoms with Gasteiger partial charge in [0.05, 0.1) is 22.6 Å². The van der Waals surface area contributed by atoms with Crippen molar-refractivity contribution < 1.29 is 80.1 Å². The molecule has 0 saturated carbocycles. The number of aliphatic hydroxyl groups is 2. The Kier molecular flexibility index (Phi) is 35.4. The van der Waals surface area contributed by atoms with Crippen LogP contribution in [0.15, 0.2) is 236 Å². The number of hydrogen-bond acceptors (Lipinski definition) is 8. The van der Waals surface area contributed by atoms with Crippen molar-refractivity contribution in [3.8, 4) is 67.3 Å². The summed E-state index contributed by atoms with van der Waals surface area (Å²) in [6.07, 6.45) is 8.28. The van der Waals surface area contributed by atoms with Crippen LogP contribution in [0.3, 0.4) is 0 Å². The summed E-state index contributed by atoms with van der Waals surface area (Å²) in [5.74, 6) is 1.08. The molecule has 0 saturated heterocycles. The molecule has 0 amide bonds. The number of ketones is 2. The third-order valence-electron chi connectivity index (χ3n) is 15.7. The van der Waals surface area contributed by atoms with Crippen molar-refractivity contribution in [1.29, 1.82) is 0 Å². The van der Waals surface area contributed by atoms with Crippen molar-refractivity contribution in [3.05, 3.63) is 311 Å². The molecular weight excluding hydrogens is 1800 g/mol. The number of fused-ring (bicyclic) bond motifs is 2. The molecule has 103 heavy (non-hydrogen) atoms. The Hall–Kier alpha value is -8.75. The molecule has 3 radical (unpaired) electrons. The second-order valence-electron chi connectivity index (χ2n) is 27.5. The first kappa shape index (κ1) is 86.7. The Balaban J connectivity index is 0.000000275. The second kappa shape index (κ2) is 42.1. The first-order chi connectivity index (χ1) is 47.6. The SMILES string of the molecule is CC(=O)C=C(C)O.CC(=O)C=C(C)O.CC(C)(C)c1ccc(-c2[c-]cccc2)nc1.Cc1[c-]c(-c2cc(CC(C)C)c3cc(-c4ccccc4)ccc3n2)cc(C)c1.Cc1[c-]c(-c2cc(CC(C)C)c3cc(C)ccc3n2)cc(C)c1.Cc1ccc(-c2[c-]ccc(-c3ccccc3)c2)nc1.[Ir].[Ir].[Ir]. The summed E-state index contributed by atoms with van der Waals surface area (Å²) >= 11 is 0. The molecule has 2 N–H and O–H groups in total. The molecule has 8 aromatic carbocycles. The Morgan fingerprint density at radius 2 is 0.864 bits per heavy atom. The number of nitrogens with zero attached hydrogens (tertiary/aromatic N) is 4. The third-order valence-corrected chi connectivity index (χ3v) is 15.7. The van der Waals surface area contributed by atoms with Gasteiger partial charge in [-0.2, -0.15) is 0 Å².